The minimum atomic E-state index is -0.383. The van der Waals surface area contributed by atoms with Gasteiger partial charge in [0.1, 0.15) is 0 Å². The molecule has 56 heavy (non-hydrogen) atoms. The molecule has 0 N–H and O–H groups in total. The zero-order valence-electron chi connectivity index (χ0n) is 36.0. The molecule has 0 saturated carbocycles. The summed E-state index contributed by atoms with van der Waals surface area (Å²) in [5.74, 6) is 2.38. The number of rotatable bonds is 9. The maximum absolute atomic E-state index is 2.58. The van der Waals surface area contributed by atoms with Gasteiger partial charge < -0.3 is 0 Å². The van der Waals surface area contributed by atoms with Crippen molar-refractivity contribution < 1.29 is 0 Å². The molecular formula is C55H61B. The van der Waals surface area contributed by atoms with Crippen LogP contribution < -0.4 is 16.4 Å². The summed E-state index contributed by atoms with van der Waals surface area (Å²) in [6.45, 7) is 28.9. The first-order valence-electron chi connectivity index (χ1n) is 21.6. The fourth-order valence-electron chi connectivity index (χ4n) is 10.6. The second-order valence-electron chi connectivity index (χ2n) is 18.7. The molecule has 0 nitrogen and oxygen atoms in total. The third kappa shape index (κ3) is 5.70. The molecule has 0 aliphatic heterocycles. The Hall–Kier alpha value is -4.62. The molecule has 0 amide bonds. The minimum Gasteiger partial charge on any atom is -0.0663 e. The smallest absolute Gasteiger partial charge is 0.0663 e. The fraction of sp³-hybridized carbons (Fsp3) is 0.345. The van der Waals surface area contributed by atoms with E-state index in [-0.39, 0.29) is 12.1 Å². The number of benzene rings is 6. The maximum atomic E-state index is 2.58. The van der Waals surface area contributed by atoms with Gasteiger partial charge in [0.05, 0.1) is 5.41 Å². The molecule has 0 unspecified atom stereocenters. The van der Waals surface area contributed by atoms with Crippen molar-refractivity contribution in [2.24, 2.45) is 0 Å². The van der Waals surface area contributed by atoms with Gasteiger partial charge in [-0.05, 0) is 113 Å². The largest absolute Gasteiger partial charge is 0.243 e. The summed E-state index contributed by atoms with van der Waals surface area (Å²) in [7, 11) is 0. The number of hydrogen-bond donors (Lipinski definition) is 0. The second-order valence-corrected chi connectivity index (χ2v) is 18.7. The van der Waals surface area contributed by atoms with E-state index in [1.54, 1.807) is 0 Å². The zero-order valence-corrected chi connectivity index (χ0v) is 36.0. The molecule has 284 valence electrons. The molecule has 0 saturated heterocycles. The van der Waals surface area contributed by atoms with Crippen molar-refractivity contribution in [3.63, 3.8) is 0 Å². The lowest BCUT2D eigenvalue weighted by molar-refractivity contribution is 0.794. The van der Waals surface area contributed by atoms with Gasteiger partial charge in [-0.3, -0.25) is 0 Å². The molecule has 8 rings (SSSR count). The van der Waals surface area contributed by atoms with E-state index in [9.17, 15) is 0 Å². The summed E-state index contributed by atoms with van der Waals surface area (Å²) in [5, 5.41) is 0. The summed E-state index contributed by atoms with van der Waals surface area (Å²) < 4.78 is 0. The van der Waals surface area contributed by atoms with Crippen LogP contribution in [0.3, 0.4) is 0 Å². The lowest BCUT2D eigenvalue weighted by Crippen LogP contribution is -2.58. The minimum absolute atomic E-state index is 0.0482. The van der Waals surface area contributed by atoms with Crippen molar-refractivity contribution in [3.05, 3.63) is 171 Å². The Balaban J connectivity index is 1.59. The predicted molar refractivity (Wildman–Crippen MR) is 245 cm³/mol. The lowest BCUT2D eigenvalue weighted by atomic mass is 9.32. The van der Waals surface area contributed by atoms with Crippen molar-refractivity contribution in [3.8, 4) is 22.3 Å². The van der Waals surface area contributed by atoms with Crippen LogP contribution in [-0.4, -0.2) is 6.71 Å². The second kappa shape index (κ2) is 14.4. The van der Waals surface area contributed by atoms with E-state index < -0.39 is 0 Å². The maximum Gasteiger partial charge on any atom is 0.243 e. The van der Waals surface area contributed by atoms with Crippen LogP contribution in [0.25, 0.3) is 22.3 Å². The third-order valence-electron chi connectivity index (χ3n) is 13.3. The van der Waals surface area contributed by atoms with Gasteiger partial charge in [-0.1, -0.05) is 215 Å². The van der Waals surface area contributed by atoms with Crippen LogP contribution in [0.2, 0.25) is 0 Å². The molecule has 1 heteroatoms. The van der Waals surface area contributed by atoms with Crippen LogP contribution in [0.15, 0.2) is 115 Å². The molecule has 0 radical (unpaired) electrons. The van der Waals surface area contributed by atoms with Gasteiger partial charge in [0.15, 0.2) is 0 Å². The quantitative estimate of drug-likeness (QED) is 0.130. The standard InChI is InChI=1S/C55H61B/c1-32(2)38-28-43(34(5)6)53(44(29-38)35(7)8)56(54-45(36(9)10)30-39(33(3)4)31-46(54)37(11)12)51-27-19-26-50-52(51)42-22-15-18-25-49(42)55(50)47-23-16-13-20-40(47)41-21-14-17-24-48(41)55/h13-37H,1-12H3. The van der Waals surface area contributed by atoms with Gasteiger partial charge in [-0.15, -0.1) is 0 Å². The van der Waals surface area contributed by atoms with Crippen molar-refractivity contribution in [2.75, 3.05) is 0 Å². The monoisotopic (exact) mass is 732 g/mol. The predicted octanol–water partition coefficient (Wildman–Crippen LogP) is 13.3. The van der Waals surface area contributed by atoms with Gasteiger partial charge in [0.25, 0.3) is 0 Å². The molecule has 1 spiro atoms. The van der Waals surface area contributed by atoms with Gasteiger partial charge in [-0.25, -0.2) is 0 Å². The highest BCUT2D eigenvalue weighted by Gasteiger charge is 2.52. The molecule has 6 aromatic carbocycles. The van der Waals surface area contributed by atoms with E-state index >= 15 is 0 Å². The van der Waals surface area contributed by atoms with Crippen LogP contribution in [0, 0.1) is 0 Å². The zero-order chi connectivity index (χ0) is 39.8. The summed E-state index contributed by atoms with van der Waals surface area (Å²) in [6, 6.07) is 45.5. The SMILES string of the molecule is CC(C)c1cc(C(C)C)c(B(c2cccc3c2-c2ccccc2C32c3ccccc3-c3ccccc32)c2c(C(C)C)cc(C(C)C)cc2C(C)C)c(C(C)C)c1. The van der Waals surface area contributed by atoms with Crippen molar-refractivity contribution >= 4 is 23.1 Å². The van der Waals surface area contributed by atoms with E-state index in [2.05, 4.69) is 198 Å². The highest BCUT2D eigenvalue weighted by Crippen LogP contribution is 2.62. The Morgan fingerprint density at radius 1 is 0.357 bits per heavy atom. The van der Waals surface area contributed by atoms with Crippen LogP contribution in [-0.2, 0) is 5.41 Å². The Labute approximate surface area is 338 Å². The molecule has 6 aromatic rings. The molecule has 2 aliphatic carbocycles. The molecule has 0 bridgehead atoms. The lowest BCUT2D eigenvalue weighted by Gasteiger charge is -2.34. The van der Waals surface area contributed by atoms with Crippen molar-refractivity contribution in [2.45, 2.75) is 124 Å². The topological polar surface area (TPSA) is 0 Å². The first-order chi connectivity index (χ1) is 26.8. The van der Waals surface area contributed by atoms with E-state index in [1.165, 1.54) is 94.3 Å². The third-order valence-corrected chi connectivity index (χ3v) is 13.3. The van der Waals surface area contributed by atoms with Crippen molar-refractivity contribution in [1.29, 1.82) is 0 Å². The summed E-state index contributed by atoms with van der Waals surface area (Å²) in [6.07, 6.45) is 0. The van der Waals surface area contributed by atoms with Gasteiger partial charge >= 0.3 is 0 Å². The number of hydrogen-bond acceptors (Lipinski definition) is 0. The average molecular weight is 733 g/mol. The van der Waals surface area contributed by atoms with Gasteiger partial charge in [-0.2, -0.15) is 0 Å². The molecular weight excluding hydrogens is 671 g/mol. The Bertz CT molecular complexity index is 2270. The van der Waals surface area contributed by atoms with E-state index in [0.717, 1.165) is 0 Å². The summed E-state index contributed by atoms with van der Waals surface area (Å²) in [4.78, 5) is 0. The Morgan fingerprint density at radius 3 is 1.07 bits per heavy atom. The molecule has 2 aliphatic rings. The van der Waals surface area contributed by atoms with Crippen LogP contribution >= 0.6 is 0 Å². The highest BCUT2D eigenvalue weighted by molar-refractivity contribution is 6.97. The van der Waals surface area contributed by atoms with E-state index in [1.807, 2.05) is 0 Å². The van der Waals surface area contributed by atoms with Gasteiger partial charge in [0.2, 0.25) is 6.71 Å². The normalized spacial score (nSPS) is 13.8. The fourth-order valence-corrected chi connectivity index (χ4v) is 10.6. The summed E-state index contributed by atoms with van der Waals surface area (Å²) >= 11 is 0. The van der Waals surface area contributed by atoms with E-state index in [4.69, 9.17) is 0 Å². The molecule has 0 fully saturated rings. The summed E-state index contributed by atoms with van der Waals surface area (Å²) in [5.41, 5.74) is 24.2. The highest BCUT2D eigenvalue weighted by atomic mass is 14.5. The van der Waals surface area contributed by atoms with Gasteiger partial charge in [0, 0.05) is 0 Å². The van der Waals surface area contributed by atoms with Crippen LogP contribution in [0.4, 0.5) is 0 Å². The first-order valence-corrected chi connectivity index (χ1v) is 21.6. The van der Waals surface area contributed by atoms with Crippen LogP contribution in [0.5, 0.6) is 0 Å². The first kappa shape index (κ1) is 38.3. The molecule has 0 heterocycles. The van der Waals surface area contributed by atoms with Crippen molar-refractivity contribution in [1.82, 2.24) is 0 Å². The Kier molecular flexibility index (Phi) is 9.84. The Morgan fingerprint density at radius 2 is 0.696 bits per heavy atom. The van der Waals surface area contributed by atoms with E-state index in [0.29, 0.717) is 35.5 Å². The number of fused-ring (bicyclic) bond motifs is 10. The molecule has 0 aromatic heterocycles. The van der Waals surface area contributed by atoms with Crippen LogP contribution in [0.1, 0.15) is 174 Å². The molecule has 0 atom stereocenters. The average Bonchev–Trinajstić information content (AvgIpc) is 3.65.